The first-order valence-electron chi connectivity index (χ1n) is 9.14. The van der Waals surface area contributed by atoms with Crippen LogP contribution in [0.5, 0.6) is 5.75 Å². The summed E-state index contributed by atoms with van der Waals surface area (Å²) < 4.78 is 6.33. The van der Waals surface area contributed by atoms with Crippen LogP contribution in [0.15, 0.2) is 53.4 Å². The van der Waals surface area contributed by atoms with Crippen molar-refractivity contribution in [2.24, 2.45) is 0 Å². The van der Waals surface area contributed by atoms with E-state index in [0.29, 0.717) is 13.0 Å². The Labute approximate surface area is 186 Å². The zero-order chi connectivity index (χ0) is 19.9. The number of methoxy groups -OCH3 is 1. The average Bonchev–Trinajstić information content (AvgIpc) is 3.11. The fourth-order valence-corrected chi connectivity index (χ4v) is 4.57. The highest BCUT2D eigenvalue weighted by Gasteiger charge is 2.20. The zero-order valence-corrected chi connectivity index (χ0v) is 19.3. The summed E-state index contributed by atoms with van der Waals surface area (Å²) in [6.45, 7) is 1.41. The predicted octanol–water partition coefficient (Wildman–Crippen LogP) is 4.80. The highest BCUT2D eigenvalue weighted by atomic mass is 35.5. The number of carbonyl (C=O) groups excluding carboxylic acids is 1. The number of likely N-dealkylation sites (N-methyl/N-ethyl adjacent to an activating group) is 1. The first-order chi connectivity index (χ1) is 13.6. The van der Waals surface area contributed by atoms with Gasteiger partial charge in [-0.1, -0.05) is 29.5 Å². The molecule has 0 radical (unpaired) electrons. The maximum atomic E-state index is 13.0. The van der Waals surface area contributed by atoms with Gasteiger partial charge in [0, 0.05) is 30.2 Å². The van der Waals surface area contributed by atoms with Gasteiger partial charge in [0.2, 0.25) is 5.91 Å². The number of carbonyl (C=O) groups is 1. The van der Waals surface area contributed by atoms with Crippen molar-refractivity contribution >= 4 is 56.8 Å². The lowest BCUT2D eigenvalue weighted by molar-refractivity contribution is -0.118. The molecule has 1 aromatic heterocycles. The van der Waals surface area contributed by atoms with Crippen molar-refractivity contribution in [1.82, 2.24) is 9.88 Å². The van der Waals surface area contributed by atoms with Crippen LogP contribution in [0.25, 0.3) is 10.2 Å². The monoisotopic (exact) mass is 451 g/mol. The van der Waals surface area contributed by atoms with E-state index in [0.717, 1.165) is 33.4 Å². The SMILES string of the molecule is COc1ccc2nc(N(CCN(C)C)C(=O)CCSc3ccccc3)sc2c1.Cl. The minimum Gasteiger partial charge on any atom is -0.497 e. The van der Waals surface area contributed by atoms with Gasteiger partial charge >= 0.3 is 0 Å². The number of halogens is 1. The van der Waals surface area contributed by atoms with E-state index in [-0.39, 0.29) is 18.3 Å². The summed E-state index contributed by atoms with van der Waals surface area (Å²) in [5.41, 5.74) is 0.891. The normalized spacial score (nSPS) is 10.8. The van der Waals surface area contributed by atoms with E-state index in [1.807, 2.05) is 55.4 Å². The van der Waals surface area contributed by atoms with Crippen LogP contribution < -0.4 is 9.64 Å². The number of thiazole rings is 1. The maximum absolute atomic E-state index is 13.0. The molecule has 29 heavy (non-hydrogen) atoms. The van der Waals surface area contributed by atoms with Crippen molar-refractivity contribution in [1.29, 1.82) is 0 Å². The summed E-state index contributed by atoms with van der Waals surface area (Å²) in [6.07, 6.45) is 0.478. The molecule has 0 N–H and O–H groups in total. The Hall–Kier alpha value is -1.80. The van der Waals surface area contributed by atoms with Crippen molar-refractivity contribution in [3.8, 4) is 5.75 Å². The zero-order valence-electron chi connectivity index (χ0n) is 16.8. The lowest BCUT2D eigenvalue weighted by atomic mass is 10.3. The summed E-state index contributed by atoms with van der Waals surface area (Å²) in [7, 11) is 5.68. The summed E-state index contributed by atoms with van der Waals surface area (Å²) in [6, 6.07) is 16.0. The van der Waals surface area contributed by atoms with Crippen molar-refractivity contribution in [3.05, 3.63) is 48.5 Å². The molecule has 0 fully saturated rings. The quantitative estimate of drug-likeness (QED) is 0.437. The number of amides is 1. The van der Waals surface area contributed by atoms with Gasteiger partial charge in [0.25, 0.3) is 0 Å². The molecule has 2 aromatic carbocycles. The molecule has 0 saturated heterocycles. The Morgan fingerprint density at radius 1 is 1.14 bits per heavy atom. The molecule has 5 nitrogen and oxygen atoms in total. The molecule has 0 atom stereocenters. The van der Waals surface area contributed by atoms with Crippen LogP contribution in [-0.2, 0) is 4.79 Å². The molecule has 3 rings (SSSR count). The summed E-state index contributed by atoms with van der Waals surface area (Å²) in [5.74, 6) is 1.66. The molecule has 0 saturated carbocycles. The molecule has 0 unspecified atom stereocenters. The minimum absolute atomic E-state index is 0. The van der Waals surface area contributed by atoms with Gasteiger partial charge in [-0.05, 0) is 44.4 Å². The smallest absolute Gasteiger partial charge is 0.229 e. The number of hydrogen-bond donors (Lipinski definition) is 0. The summed E-state index contributed by atoms with van der Waals surface area (Å²) >= 11 is 3.24. The van der Waals surface area contributed by atoms with E-state index in [1.54, 1.807) is 18.9 Å². The van der Waals surface area contributed by atoms with E-state index in [9.17, 15) is 4.79 Å². The number of hydrogen-bond acceptors (Lipinski definition) is 6. The van der Waals surface area contributed by atoms with Crippen LogP contribution in [0.1, 0.15) is 6.42 Å². The molecule has 8 heteroatoms. The minimum atomic E-state index is 0. The highest BCUT2D eigenvalue weighted by Crippen LogP contribution is 2.32. The van der Waals surface area contributed by atoms with Gasteiger partial charge < -0.3 is 9.64 Å². The number of fused-ring (bicyclic) bond motifs is 1. The number of benzene rings is 2. The van der Waals surface area contributed by atoms with E-state index >= 15 is 0 Å². The molecule has 0 spiro atoms. The molecule has 0 aliphatic heterocycles. The third-order valence-electron chi connectivity index (χ3n) is 4.21. The number of rotatable bonds is 9. The third-order valence-corrected chi connectivity index (χ3v) is 6.27. The fourth-order valence-electron chi connectivity index (χ4n) is 2.67. The van der Waals surface area contributed by atoms with Crippen LogP contribution in [0, 0.1) is 0 Å². The predicted molar refractivity (Wildman–Crippen MR) is 126 cm³/mol. The number of ether oxygens (including phenoxy) is 1. The first kappa shape index (κ1) is 23.5. The standard InChI is InChI=1S/C21H25N3O2S2.ClH/c1-23(2)12-13-24(20(25)11-14-27-17-7-5-4-6-8-17)21-22-18-10-9-16(26-3)15-19(18)28-21;/h4-10,15H,11-14H2,1-3H3;1H. The second-order valence-corrected chi connectivity index (χ2v) is 8.77. The Morgan fingerprint density at radius 2 is 1.90 bits per heavy atom. The van der Waals surface area contributed by atoms with Gasteiger partial charge in [-0.25, -0.2) is 4.98 Å². The fraction of sp³-hybridized carbons (Fsp3) is 0.333. The topological polar surface area (TPSA) is 45.7 Å². The van der Waals surface area contributed by atoms with Crippen LogP contribution in [0.4, 0.5) is 5.13 Å². The Kier molecular flexibility index (Phi) is 9.23. The Morgan fingerprint density at radius 3 is 2.59 bits per heavy atom. The number of thioether (sulfide) groups is 1. The van der Waals surface area contributed by atoms with Crippen molar-refractivity contribution in [3.63, 3.8) is 0 Å². The molecule has 156 valence electrons. The van der Waals surface area contributed by atoms with Crippen molar-refractivity contribution in [2.45, 2.75) is 11.3 Å². The summed E-state index contributed by atoms with van der Waals surface area (Å²) in [4.78, 5) is 22.8. The number of anilines is 1. The average molecular weight is 452 g/mol. The molecule has 1 amide bonds. The van der Waals surface area contributed by atoms with E-state index in [2.05, 4.69) is 17.0 Å². The highest BCUT2D eigenvalue weighted by molar-refractivity contribution is 7.99. The maximum Gasteiger partial charge on any atom is 0.229 e. The first-order valence-corrected chi connectivity index (χ1v) is 10.9. The van der Waals surface area contributed by atoms with Gasteiger partial charge in [-0.15, -0.1) is 24.2 Å². The number of aromatic nitrogens is 1. The van der Waals surface area contributed by atoms with Gasteiger partial charge in [0.05, 0.1) is 17.3 Å². The van der Waals surface area contributed by atoms with Crippen molar-refractivity contribution < 1.29 is 9.53 Å². The van der Waals surface area contributed by atoms with Crippen LogP contribution in [0.2, 0.25) is 0 Å². The van der Waals surface area contributed by atoms with Gasteiger partial charge in [-0.3, -0.25) is 9.69 Å². The Bertz CT molecular complexity index is 919. The van der Waals surface area contributed by atoms with E-state index in [4.69, 9.17) is 9.72 Å². The van der Waals surface area contributed by atoms with Crippen LogP contribution in [-0.4, -0.2) is 55.8 Å². The number of nitrogens with zero attached hydrogens (tertiary/aromatic N) is 3. The second kappa shape index (κ2) is 11.4. The van der Waals surface area contributed by atoms with Gasteiger partial charge in [0.15, 0.2) is 5.13 Å². The molecule has 1 heterocycles. The lowest BCUT2D eigenvalue weighted by Crippen LogP contribution is -2.36. The molecule has 0 bridgehead atoms. The van der Waals surface area contributed by atoms with Gasteiger partial charge in [-0.2, -0.15) is 0 Å². The lowest BCUT2D eigenvalue weighted by Gasteiger charge is -2.22. The van der Waals surface area contributed by atoms with Gasteiger partial charge in [0.1, 0.15) is 5.75 Å². The van der Waals surface area contributed by atoms with E-state index in [1.165, 1.54) is 16.2 Å². The van der Waals surface area contributed by atoms with Crippen LogP contribution >= 0.6 is 35.5 Å². The Balaban J connectivity index is 0.00000300. The largest absolute Gasteiger partial charge is 0.497 e. The van der Waals surface area contributed by atoms with Crippen LogP contribution in [0.3, 0.4) is 0 Å². The molecule has 0 aliphatic rings. The second-order valence-electron chi connectivity index (χ2n) is 6.59. The van der Waals surface area contributed by atoms with E-state index < -0.39 is 0 Å². The third kappa shape index (κ3) is 6.60. The summed E-state index contributed by atoms with van der Waals surface area (Å²) in [5, 5.41) is 0.750. The molecule has 3 aromatic rings. The molecular formula is C21H26ClN3O2S2. The molecular weight excluding hydrogens is 426 g/mol. The van der Waals surface area contributed by atoms with Crippen molar-refractivity contribution in [2.75, 3.05) is 44.9 Å². The molecule has 0 aliphatic carbocycles.